The molecule has 1 fully saturated rings. The number of carbonyl (C=O) groups is 1. The van der Waals surface area contributed by atoms with E-state index in [1.165, 1.54) is 24.9 Å². The number of carboxylic acid groups (broad SMARTS) is 1. The summed E-state index contributed by atoms with van der Waals surface area (Å²) in [6.07, 6.45) is 3.79. The van der Waals surface area contributed by atoms with Crippen molar-refractivity contribution < 1.29 is 9.90 Å². The molecule has 2 rings (SSSR count). The Balaban J connectivity index is 0.00000180. The highest BCUT2D eigenvalue weighted by atomic mass is 35.5. The lowest BCUT2D eigenvalue weighted by molar-refractivity contribution is -0.137. The molecular weight excluding hydrogens is 264 g/mol. The van der Waals surface area contributed by atoms with Gasteiger partial charge in [-0.15, -0.1) is 12.4 Å². The molecule has 1 saturated heterocycles. The van der Waals surface area contributed by atoms with E-state index in [9.17, 15) is 4.79 Å². The van der Waals surface area contributed by atoms with Gasteiger partial charge in [0.15, 0.2) is 0 Å². The molecular formula is C14H21ClN2O2. The zero-order valence-corrected chi connectivity index (χ0v) is 11.7. The molecule has 0 spiro atoms. The fourth-order valence-corrected chi connectivity index (χ4v) is 2.39. The minimum absolute atomic E-state index is 0. The highest BCUT2D eigenvalue weighted by Crippen LogP contribution is 2.22. The van der Waals surface area contributed by atoms with Crippen molar-refractivity contribution >= 4 is 24.1 Å². The Morgan fingerprint density at radius 3 is 2.32 bits per heavy atom. The molecule has 0 aliphatic carbocycles. The normalized spacial score (nSPS) is 16.6. The van der Waals surface area contributed by atoms with Crippen molar-refractivity contribution in [2.24, 2.45) is 5.73 Å². The summed E-state index contributed by atoms with van der Waals surface area (Å²) in [5.41, 5.74) is 7.93. The van der Waals surface area contributed by atoms with Gasteiger partial charge in [-0.3, -0.25) is 4.79 Å². The van der Waals surface area contributed by atoms with Crippen LogP contribution in [0.2, 0.25) is 0 Å². The summed E-state index contributed by atoms with van der Waals surface area (Å²) in [5.74, 6) is -0.859. The number of benzene rings is 1. The molecule has 1 aromatic rings. The molecule has 3 N–H and O–H groups in total. The van der Waals surface area contributed by atoms with Gasteiger partial charge in [-0.05, 0) is 37.0 Å². The number of hydrogen-bond donors (Lipinski definition) is 2. The number of halogens is 1. The van der Waals surface area contributed by atoms with Crippen LogP contribution in [0.15, 0.2) is 24.3 Å². The number of aliphatic carboxylic acids is 1. The number of hydrogen-bond acceptors (Lipinski definition) is 3. The van der Waals surface area contributed by atoms with Crippen LogP contribution in [0.25, 0.3) is 0 Å². The van der Waals surface area contributed by atoms with Gasteiger partial charge in [-0.25, -0.2) is 0 Å². The van der Waals surface area contributed by atoms with Gasteiger partial charge in [0.1, 0.15) is 0 Å². The minimum Gasteiger partial charge on any atom is -0.481 e. The van der Waals surface area contributed by atoms with Gasteiger partial charge >= 0.3 is 5.97 Å². The second-order valence-electron chi connectivity index (χ2n) is 4.84. The lowest BCUT2D eigenvalue weighted by Gasteiger charge is -2.29. The van der Waals surface area contributed by atoms with Crippen LogP contribution in [0, 0.1) is 0 Å². The molecule has 1 aliphatic rings. The maximum Gasteiger partial charge on any atom is 0.305 e. The third-order valence-corrected chi connectivity index (χ3v) is 3.44. The quantitative estimate of drug-likeness (QED) is 0.892. The number of nitrogens with two attached hydrogens (primary N) is 1. The van der Waals surface area contributed by atoms with Gasteiger partial charge in [0, 0.05) is 24.8 Å². The van der Waals surface area contributed by atoms with Crippen molar-refractivity contribution in [3.8, 4) is 0 Å². The predicted molar refractivity (Wildman–Crippen MR) is 78.9 cm³/mol. The van der Waals surface area contributed by atoms with Crippen LogP contribution in [0.3, 0.4) is 0 Å². The Morgan fingerprint density at radius 1 is 1.21 bits per heavy atom. The SMILES string of the molecule is Cl.N[C@H](CC(=O)O)c1ccc(N2CCCCC2)cc1. The van der Waals surface area contributed by atoms with E-state index in [0.29, 0.717) is 0 Å². The fraction of sp³-hybridized carbons (Fsp3) is 0.500. The summed E-state index contributed by atoms with van der Waals surface area (Å²) in [6, 6.07) is 7.55. The molecule has 19 heavy (non-hydrogen) atoms. The van der Waals surface area contributed by atoms with Crippen molar-refractivity contribution in [1.82, 2.24) is 0 Å². The Hall–Kier alpha value is -1.26. The molecule has 0 radical (unpaired) electrons. The maximum absolute atomic E-state index is 10.6. The first-order chi connectivity index (χ1) is 8.66. The molecule has 0 saturated carbocycles. The van der Waals surface area contributed by atoms with Crippen LogP contribution >= 0.6 is 12.4 Å². The lowest BCUT2D eigenvalue weighted by Crippen LogP contribution is -2.29. The molecule has 1 aromatic carbocycles. The first kappa shape index (κ1) is 15.8. The molecule has 1 atom stereocenters. The average Bonchev–Trinajstić information content (AvgIpc) is 2.39. The fourth-order valence-electron chi connectivity index (χ4n) is 2.39. The summed E-state index contributed by atoms with van der Waals surface area (Å²) in [5, 5.41) is 8.72. The van der Waals surface area contributed by atoms with Gasteiger partial charge in [0.25, 0.3) is 0 Å². The number of rotatable bonds is 4. The van der Waals surface area contributed by atoms with Crippen LogP contribution in [0.4, 0.5) is 5.69 Å². The largest absolute Gasteiger partial charge is 0.481 e. The average molecular weight is 285 g/mol. The zero-order chi connectivity index (χ0) is 13.0. The Labute approximate surface area is 120 Å². The van der Waals surface area contributed by atoms with Gasteiger partial charge in [0.2, 0.25) is 0 Å². The highest BCUT2D eigenvalue weighted by Gasteiger charge is 2.13. The van der Waals surface area contributed by atoms with Crippen LogP contribution in [-0.2, 0) is 4.79 Å². The van der Waals surface area contributed by atoms with Crippen molar-refractivity contribution in [3.05, 3.63) is 29.8 Å². The highest BCUT2D eigenvalue weighted by molar-refractivity contribution is 5.85. The lowest BCUT2D eigenvalue weighted by atomic mass is 10.0. The molecule has 1 heterocycles. The third-order valence-electron chi connectivity index (χ3n) is 3.44. The summed E-state index contributed by atoms with van der Waals surface area (Å²) in [7, 11) is 0. The summed E-state index contributed by atoms with van der Waals surface area (Å²) >= 11 is 0. The van der Waals surface area contributed by atoms with E-state index in [-0.39, 0.29) is 18.8 Å². The maximum atomic E-state index is 10.6. The topological polar surface area (TPSA) is 66.6 Å². The van der Waals surface area contributed by atoms with Gasteiger partial charge in [-0.2, -0.15) is 0 Å². The molecule has 0 amide bonds. The molecule has 1 aliphatic heterocycles. The summed E-state index contributed by atoms with van der Waals surface area (Å²) in [4.78, 5) is 13.0. The van der Waals surface area contributed by atoms with Crippen molar-refractivity contribution in [1.29, 1.82) is 0 Å². The van der Waals surface area contributed by atoms with Crippen molar-refractivity contribution in [2.75, 3.05) is 18.0 Å². The van der Waals surface area contributed by atoms with Crippen LogP contribution in [0.1, 0.15) is 37.3 Å². The van der Waals surface area contributed by atoms with E-state index in [2.05, 4.69) is 4.90 Å². The van der Waals surface area contributed by atoms with Crippen molar-refractivity contribution in [3.63, 3.8) is 0 Å². The second-order valence-corrected chi connectivity index (χ2v) is 4.84. The number of nitrogens with zero attached hydrogens (tertiary/aromatic N) is 1. The number of carboxylic acids is 1. The minimum atomic E-state index is -0.859. The number of anilines is 1. The monoisotopic (exact) mass is 284 g/mol. The van der Waals surface area contributed by atoms with Crippen LogP contribution in [-0.4, -0.2) is 24.2 Å². The van der Waals surface area contributed by atoms with E-state index in [1.807, 2.05) is 24.3 Å². The smallest absolute Gasteiger partial charge is 0.305 e. The summed E-state index contributed by atoms with van der Waals surface area (Å²) in [6.45, 7) is 2.22. The van der Waals surface area contributed by atoms with Crippen LogP contribution < -0.4 is 10.6 Å². The van der Waals surface area contributed by atoms with Crippen molar-refractivity contribution in [2.45, 2.75) is 31.7 Å². The third kappa shape index (κ3) is 4.40. The predicted octanol–water partition coefficient (Wildman–Crippen LogP) is 2.57. The zero-order valence-electron chi connectivity index (χ0n) is 10.9. The van der Waals surface area contributed by atoms with Crippen LogP contribution in [0.5, 0.6) is 0 Å². The molecule has 106 valence electrons. The molecule has 5 heteroatoms. The van der Waals surface area contributed by atoms with Gasteiger partial charge in [-0.1, -0.05) is 12.1 Å². The Kier molecular flexibility index (Phi) is 6.12. The second kappa shape index (κ2) is 7.36. The molecule has 0 aromatic heterocycles. The van der Waals surface area contributed by atoms with E-state index < -0.39 is 12.0 Å². The van der Waals surface area contributed by atoms with E-state index >= 15 is 0 Å². The van der Waals surface area contributed by atoms with E-state index in [1.54, 1.807) is 0 Å². The van der Waals surface area contributed by atoms with E-state index in [0.717, 1.165) is 18.7 Å². The standard InChI is InChI=1S/C14H20N2O2.ClH/c15-13(10-14(17)18)11-4-6-12(7-5-11)16-8-2-1-3-9-16;/h4-7,13H,1-3,8-10,15H2,(H,17,18);1H/t13-;/m1./s1. The Morgan fingerprint density at radius 2 is 1.79 bits per heavy atom. The number of piperidine rings is 1. The molecule has 4 nitrogen and oxygen atoms in total. The summed E-state index contributed by atoms with van der Waals surface area (Å²) < 4.78 is 0. The van der Waals surface area contributed by atoms with Gasteiger partial charge in [0.05, 0.1) is 6.42 Å². The first-order valence-corrected chi connectivity index (χ1v) is 6.49. The van der Waals surface area contributed by atoms with Gasteiger partial charge < -0.3 is 15.7 Å². The molecule has 0 unspecified atom stereocenters. The first-order valence-electron chi connectivity index (χ1n) is 6.49. The Bertz CT molecular complexity index is 402. The van der Waals surface area contributed by atoms with E-state index in [4.69, 9.17) is 10.8 Å². The molecule has 0 bridgehead atoms.